The van der Waals surface area contributed by atoms with Crippen molar-refractivity contribution in [1.82, 2.24) is 9.80 Å². The second-order valence-electron chi connectivity index (χ2n) is 5.71. The third kappa shape index (κ3) is 4.35. The zero-order valence-electron chi connectivity index (χ0n) is 13.3. The first-order valence-corrected chi connectivity index (χ1v) is 7.31. The average Bonchev–Trinajstić information content (AvgIpc) is 2.48. The van der Waals surface area contributed by atoms with Crippen molar-refractivity contribution >= 4 is 30.7 Å². The van der Waals surface area contributed by atoms with E-state index in [9.17, 15) is 4.79 Å². The monoisotopic (exact) mass is 347 g/mol. The van der Waals surface area contributed by atoms with E-state index < -0.39 is 0 Å². The number of carbonyl (C=O) groups excluding carboxylic acids is 1. The number of hydrogen-bond donors (Lipinski definition) is 1. The van der Waals surface area contributed by atoms with E-state index in [1.165, 1.54) is 5.56 Å². The molecule has 0 spiro atoms. The SMILES string of the molecule is CN(C)C1(c2ccccc2)CCN(C(=O)CCN)CC1.Cl.Cl. The normalized spacial score (nSPS) is 16.6. The number of piperidine rings is 1. The Morgan fingerprint density at radius 1 is 1.18 bits per heavy atom. The van der Waals surface area contributed by atoms with E-state index in [2.05, 4.69) is 43.3 Å². The zero-order valence-corrected chi connectivity index (χ0v) is 15.0. The Labute approximate surface area is 145 Å². The highest BCUT2D eigenvalue weighted by molar-refractivity contribution is 5.85. The van der Waals surface area contributed by atoms with Crippen LogP contribution in [0.1, 0.15) is 24.8 Å². The molecule has 6 heteroatoms. The van der Waals surface area contributed by atoms with Gasteiger partial charge in [0.25, 0.3) is 0 Å². The second kappa shape index (κ2) is 9.36. The van der Waals surface area contributed by atoms with E-state index in [4.69, 9.17) is 5.73 Å². The van der Waals surface area contributed by atoms with E-state index in [1.807, 2.05) is 11.0 Å². The second-order valence-corrected chi connectivity index (χ2v) is 5.71. The van der Waals surface area contributed by atoms with Crippen LogP contribution in [0.2, 0.25) is 0 Å². The lowest BCUT2D eigenvalue weighted by atomic mass is 9.79. The van der Waals surface area contributed by atoms with Gasteiger partial charge in [-0.05, 0) is 32.5 Å². The van der Waals surface area contributed by atoms with Crippen LogP contribution in [0, 0.1) is 0 Å². The fraction of sp³-hybridized carbons (Fsp3) is 0.562. The highest BCUT2D eigenvalue weighted by Crippen LogP contribution is 2.37. The lowest BCUT2D eigenvalue weighted by Crippen LogP contribution is -2.51. The minimum absolute atomic E-state index is 0. The quantitative estimate of drug-likeness (QED) is 0.908. The molecule has 22 heavy (non-hydrogen) atoms. The summed E-state index contributed by atoms with van der Waals surface area (Å²) >= 11 is 0. The molecular weight excluding hydrogens is 321 g/mol. The molecule has 1 aliphatic rings. The Hall–Kier alpha value is -0.810. The number of hydrogen-bond acceptors (Lipinski definition) is 3. The lowest BCUT2D eigenvalue weighted by Gasteiger charge is -2.46. The van der Waals surface area contributed by atoms with Crippen LogP contribution < -0.4 is 5.73 Å². The van der Waals surface area contributed by atoms with E-state index >= 15 is 0 Å². The van der Waals surface area contributed by atoms with Crippen LogP contribution in [0.5, 0.6) is 0 Å². The van der Waals surface area contributed by atoms with Crippen molar-refractivity contribution in [3.05, 3.63) is 35.9 Å². The zero-order chi connectivity index (χ0) is 14.6. The lowest BCUT2D eigenvalue weighted by molar-refractivity contribution is -0.133. The summed E-state index contributed by atoms with van der Waals surface area (Å²) in [5.74, 6) is 0.188. The van der Waals surface area contributed by atoms with Crippen molar-refractivity contribution in [3.63, 3.8) is 0 Å². The molecule has 1 amide bonds. The van der Waals surface area contributed by atoms with Gasteiger partial charge >= 0.3 is 0 Å². The van der Waals surface area contributed by atoms with Gasteiger partial charge in [-0.2, -0.15) is 0 Å². The summed E-state index contributed by atoms with van der Waals surface area (Å²) in [5, 5.41) is 0. The first-order valence-electron chi connectivity index (χ1n) is 7.31. The van der Waals surface area contributed by atoms with Gasteiger partial charge in [-0.25, -0.2) is 0 Å². The summed E-state index contributed by atoms with van der Waals surface area (Å²) in [7, 11) is 4.26. The van der Waals surface area contributed by atoms with Crippen LogP contribution in [-0.4, -0.2) is 49.4 Å². The van der Waals surface area contributed by atoms with E-state index in [0.29, 0.717) is 13.0 Å². The van der Waals surface area contributed by atoms with Gasteiger partial charge in [0.1, 0.15) is 0 Å². The number of likely N-dealkylation sites (tertiary alicyclic amines) is 1. The van der Waals surface area contributed by atoms with Crippen molar-refractivity contribution in [2.24, 2.45) is 5.73 Å². The largest absolute Gasteiger partial charge is 0.342 e. The standard InChI is InChI=1S/C16H25N3O.2ClH/c1-18(2)16(14-6-4-3-5-7-14)9-12-19(13-10-16)15(20)8-11-17;;/h3-7H,8-13,17H2,1-2H3;2*1H. The van der Waals surface area contributed by atoms with Gasteiger partial charge in [-0.3, -0.25) is 9.69 Å². The number of amides is 1. The van der Waals surface area contributed by atoms with Gasteiger partial charge in [0.05, 0.1) is 0 Å². The van der Waals surface area contributed by atoms with Crippen molar-refractivity contribution in [2.75, 3.05) is 33.7 Å². The summed E-state index contributed by atoms with van der Waals surface area (Å²) in [4.78, 5) is 16.2. The fourth-order valence-electron chi connectivity index (χ4n) is 3.15. The average molecular weight is 348 g/mol. The van der Waals surface area contributed by atoms with Crippen LogP contribution in [-0.2, 0) is 10.3 Å². The van der Waals surface area contributed by atoms with E-state index in [-0.39, 0.29) is 36.3 Å². The van der Waals surface area contributed by atoms with Gasteiger partial charge in [0, 0.05) is 31.6 Å². The number of nitrogens with zero attached hydrogens (tertiary/aromatic N) is 2. The predicted octanol–water partition coefficient (Wildman–Crippen LogP) is 2.26. The summed E-state index contributed by atoms with van der Waals surface area (Å²) in [5.41, 5.74) is 6.86. The number of nitrogens with two attached hydrogens (primary N) is 1. The smallest absolute Gasteiger partial charge is 0.223 e. The maximum Gasteiger partial charge on any atom is 0.223 e. The van der Waals surface area contributed by atoms with Crippen molar-refractivity contribution in [1.29, 1.82) is 0 Å². The Morgan fingerprint density at radius 3 is 2.18 bits per heavy atom. The summed E-state index contributed by atoms with van der Waals surface area (Å²) in [6, 6.07) is 10.6. The molecule has 0 aliphatic carbocycles. The van der Waals surface area contributed by atoms with Crippen LogP contribution >= 0.6 is 24.8 Å². The fourth-order valence-corrected chi connectivity index (χ4v) is 3.15. The van der Waals surface area contributed by atoms with Gasteiger partial charge in [0.15, 0.2) is 0 Å². The first kappa shape index (κ1) is 21.2. The van der Waals surface area contributed by atoms with E-state index in [1.54, 1.807) is 0 Å². The Balaban J connectivity index is 0.00000220. The van der Waals surface area contributed by atoms with Gasteiger partial charge < -0.3 is 10.6 Å². The maximum absolute atomic E-state index is 11.9. The Kier molecular flexibility index (Phi) is 9.01. The first-order chi connectivity index (χ1) is 9.60. The van der Waals surface area contributed by atoms with E-state index in [0.717, 1.165) is 25.9 Å². The number of carbonyl (C=O) groups is 1. The maximum atomic E-state index is 11.9. The molecule has 2 rings (SSSR count). The number of benzene rings is 1. The third-order valence-corrected chi connectivity index (χ3v) is 4.47. The van der Waals surface area contributed by atoms with Gasteiger partial charge in [-0.15, -0.1) is 24.8 Å². The molecule has 1 aromatic rings. The molecule has 1 heterocycles. The van der Waals surface area contributed by atoms with Crippen molar-refractivity contribution < 1.29 is 4.79 Å². The van der Waals surface area contributed by atoms with Crippen molar-refractivity contribution in [2.45, 2.75) is 24.8 Å². The van der Waals surface area contributed by atoms with Gasteiger partial charge in [-0.1, -0.05) is 30.3 Å². The molecular formula is C16H27Cl2N3O. The molecule has 1 aromatic carbocycles. The Morgan fingerprint density at radius 2 is 1.73 bits per heavy atom. The highest BCUT2D eigenvalue weighted by Gasteiger charge is 2.38. The molecule has 0 unspecified atom stereocenters. The minimum Gasteiger partial charge on any atom is -0.342 e. The van der Waals surface area contributed by atoms with Crippen LogP contribution in [0.25, 0.3) is 0 Å². The molecule has 0 radical (unpaired) electrons. The third-order valence-electron chi connectivity index (χ3n) is 4.47. The number of rotatable bonds is 4. The molecule has 0 bridgehead atoms. The highest BCUT2D eigenvalue weighted by atomic mass is 35.5. The topological polar surface area (TPSA) is 49.6 Å². The molecule has 1 fully saturated rings. The van der Waals surface area contributed by atoms with Crippen LogP contribution in [0.3, 0.4) is 0 Å². The molecule has 4 nitrogen and oxygen atoms in total. The molecule has 2 N–H and O–H groups in total. The molecule has 0 saturated carbocycles. The van der Waals surface area contributed by atoms with Crippen molar-refractivity contribution in [3.8, 4) is 0 Å². The van der Waals surface area contributed by atoms with Gasteiger partial charge in [0.2, 0.25) is 5.91 Å². The summed E-state index contributed by atoms with van der Waals surface area (Å²) < 4.78 is 0. The minimum atomic E-state index is 0. The molecule has 126 valence electrons. The molecule has 0 atom stereocenters. The molecule has 0 aromatic heterocycles. The van der Waals surface area contributed by atoms with Crippen LogP contribution in [0.4, 0.5) is 0 Å². The van der Waals surface area contributed by atoms with Crippen LogP contribution in [0.15, 0.2) is 30.3 Å². The molecule has 1 saturated heterocycles. The summed E-state index contributed by atoms with van der Waals surface area (Å²) in [6.07, 6.45) is 2.40. The predicted molar refractivity (Wildman–Crippen MR) is 95.8 cm³/mol. The number of halogens is 2. The Bertz CT molecular complexity index is 446. The molecule has 1 aliphatic heterocycles. The summed E-state index contributed by atoms with van der Waals surface area (Å²) in [6.45, 7) is 2.06.